The van der Waals surface area contributed by atoms with Gasteiger partial charge in [0, 0.05) is 16.6 Å². The minimum Gasteiger partial charge on any atom is -0.441 e. The van der Waals surface area contributed by atoms with E-state index < -0.39 is 5.60 Å². The Morgan fingerprint density at radius 1 is 1.22 bits per heavy atom. The highest BCUT2D eigenvalue weighted by atomic mass is 79.9. The third-order valence-corrected chi connectivity index (χ3v) is 6.14. The molecule has 1 spiro atoms. The van der Waals surface area contributed by atoms with Gasteiger partial charge >= 0.3 is 6.09 Å². The van der Waals surface area contributed by atoms with Crippen LogP contribution >= 0.6 is 15.9 Å². The van der Waals surface area contributed by atoms with E-state index >= 15 is 0 Å². The van der Waals surface area contributed by atoms with Crippen molar-refractivity contribution >= 4 is 38.9 Å². The van der Waals surface area contributed by atoms with Crippen molar-refractivity contribution in [3.63, 3.8) is 0 Å². The monoisotopic (exact) mass is 426 g/mol. The number of ether oxygens (including phenoxy) is 1. The lowest BCUT2D eigenvalue weighted by molar-refractivity contribution is 0.0208. The predicted octanol–water partition coefficient (Wildman–Crippen LogP) is 4.77. The maximum Gasteiger partial charge on any atom is 0.416 e. The van der Waals surface area contributed by atoms with Crippen LogP contribution in [-0.4, -0.2) is 33.2 Å². The van der Waals surface area contributed by atoms with E-state index in [0.29, 0.717) is 18.3 Å². The molecule has 1 amide bonds. The lowest BCUT2D eigenvalue weighted by Crippen LogP contribution is -2.38. The Morgan fingerprint density at radius 3 is 2.85 bits per heavy atom. The van der Waals surface area contributed by atoms with Gasteiger partial charge in [0.05, 0.1) is 17.6 Å². The summed E-state index contributed by atoms with van der Waals surface area (Å²) >= 11 is 3.50. The van der Waals surface area contributed by atoms with E-state index in [1.807, 2.05) is 36.4 Å². The molecule has 0 radical (unpaired) electrons. The van der Waals surface area contributed by atoms with Crippen LogP contribution in [0.2, 0.25) is 0 Å². The quantitative estimate of drug-likeness (QED) is 0.640. The van der Waals surface area contributed by atoms with Crippen LogP contribution in [-0.2, 0) is 4.74 Å². The second-order valence-electron chi connectivity index (χ2n) is 7.38. The zero-order valence-electron chi connectivity index (χ0n) is 14.7. The number of halogens is 1. The van der Waals surface area contributed by atoms with E-state index in [-0.39, 0.29) is 6.09 Å². The van der Waals surface area contributed by atoms with Gasteiger partial charge in [0.1, 0.15) is 17.2 Å². The van der Waals surface area contributed by atoms with Gasteiger partial charge in [-0.15, -0.1) is 0 Å². The summed E-state index contributed by atoms with van der Waals surface area (Å²) in [7, 11) is 0. The van der Waals surface area contributed by atoms with Crippen molar-refractivity contribution in [2.75, 3.05) is 11.4 Å². The Balaban J connectivity index is 1.31. The highest BCUT2D eigenvalue weighted by Gasteiger charge is 2.48. The van der Waals surface area contributed by atoms with Gasteiger partial charge in [-0.05, 0) is 56.0 Å². The van der Waals surface area contributed by atoms with Gasteiger partial charge in [-0.3, -0.25) is 4.90 Å². The summed E-state index contributed by atoms with van der Waals surface area (Å²) in [4.78, 5) is 26.6. The predicted molar refractivity (Wildman–Crippen MR) is 106 cm³/mol. The first kappa shape index (κ1) is 16.7. The molecule has 3 heterocycles. The standard InChI is InChI=1S/C20H19BrN4O2/c21-14-4-5-15-16(11-14)24-18(23-15)13-6-8-20(9-7-13)12-25(19(26)27-20)17-3-1-2-10-22-17/h1-5,10-11,13H,6-9,12H2,(H,23,24). The SMILES string of the molecule is O=C1OC2(CCC(c3nc4cc(Br)ccc4[nH]3)CC2)CN1c1ccccn1. The number of carbonyl (C=O) groups is 1. The number of hydrogen-bond acceptors (Lipinski definition) is 4. The van der Waals surface area contributed by atoms with Crippen molar-refractivity contribution in [3.8, 4) is 0 Å². The topological polar surface area (TPSA) is 71.1 Å². The lowest BCUT2D eigenvalue weighted by atomic mass is 9.78. The minimum absolute atomic E-state index is 0.291. The fourth-order valence-electron chi connectivity index (χ4n) is 4.18. The summed E-state index contributed by atoms with van der Waals surface area (Å²) in [6.45, 7) is 0.572. The number of rotatable bonds is 2. The smallest absolute Gasteiger partial charge is 0.416 e. The maximum absolute atomic E-state index is 12.4. The molecule has 3 aromatic rings. The molecule has 1 N–H and O–H groups in total. The number of benzene rings is 1. The Kier molecular flexibility index (Phi) is 3.93. The first-order chi connectivity index (χ1) is 13.1. The number of aromatic amines is 1. The molecule has 0 atom stereocenters. The van der Waals surface area contributed by atoms with E-state index in [2.05, 4.69) is 25.9 Å². The average molecular weight is 427 g/mol. The van der Waals surface area contributed by atoms with Gasteiger partial charge in [-0.25, -0.2) is 14.8 Å². The number of imidazole rings is 1. The number of aromatic nitrogens is 3. The molecule has 1 aliphatic heterocycles. The van der Waals surface area contributed by atoms with Crippen molar-refractivity contribution in [2.45, 2.75) is 37.2 Å². The molecule has 6 nitrogen and oxygen atoms in total. The number of anilines is 1. The molecule has 0 bridgehead atoms. The van der Waals surface area contributed by atoms with Crippen LogP contribution in [0, 0.1) is 0 Å². The number of pyridine rings is 1. The zero-order valence-corrected chi connectivity index (χ0v) is 16.3. The Bertz CT molecular complexity index is 996. The molecular formula is C20H19BrN4O2. The zero-order chi connectivity index (χ0) is 18.4. The van der Waals surface area contributed by atoms with Crippen molar-refractivity contribution in [1.29, 1.82) is 0 Å². The third kappa shape index (κ3) is 3.00. The number of nitrogens with one attached hydrogen (secondary N) is 1. The molecule has 0 unspecified atom stereocenters. The summed E-state index contributed by atoms with van der Waals surface area (Å²) in [5.74, 6) is 2.05. The van der Waals surface area contributed by atoms with E-state index in [1.165, 1.54) is 0 Å². The second kappa shape index (κ2) is 6.34. The van der Waals surface area contributed by atoms with Crippen molar-refractivity contribution in [3.05, 3.63) is 52.9 Å². The van der Waals surface area contributed by atoms with Crippen LogP contribution in [0.5, 0.6) is 0 Å². The molecule has 2 aliphatic rings. The summed E-state index contributed by atoms with van der Waals surface area (Å²) in [5, 5.41) is 0. The van der Waals surface area contributed by atoms with Gasteiger partial charge in [0.15, 0.2) is 0 Å². The number of amides is 1. The minimum atomic E-state index is -0.403. The molecule has 2 aromatic heterocycles. The van der Waals surface area contributed by atoms with E-state index in [4.69, 9.17) is 9.72 Å². The van der Waals surface area contributed by atoms with Gasteiger partial charge in [0.2, 0.25) is 0 Å². The normalized spacial score (nSPS) is 25.3. The van der Waals surface area contributed by atoms with Gasteiger partial charge in [-0.2, -0.15) is 0 Å². The molecule has 27 heavy (non-hydrogen) atoms. The first-order valence-electron chi connectivity index (χ1n) is 9.19. The number of H-pyrrole nitrogens is 1. The Hall–Kier alpha value is -2.41. The molecule has 1 aliphatic carbocycles. The van der Waals surface area contributed by atoms with E-state index in [9.17, 15) is 4.79 Å². The fourth-order valence-corrected chi connectivity index (χ4v) is 4.53. The van der Waals surface area contributed by atoms with Crippen molar-refractivity contribution in [1.82, 2.24) is 15.0 Å². The molecule has 7 heteroatoms. The molecule has 1 saturated carbocycles. The van der Waals surface area contributed by atoms with E-state index in [1.54, 1.807) is 11.1 Å². The molecule has 5 rings (SSSR count). The number of fused-ring (bicyclic) bond motifs is 1. The van der Waals surface area contributed by atoms with Crippen LogP contribution in [0.3, 0.4) is 0 Å². The summed E-state index contributed by atoms with van der Waals surface area (Å²) in [6.07, 6.45) is 4.99. The Morgan fingerprint density at radius 2 is 2.07 bits per heavy atom. The Labute approximate surface area is 165 Å². The molecule has 2 fully saturated rings. The first-order valence-corrected chi connectivity index (χ1v) is 9.98. The van der Waals surface area contributed by atoms with Crippen LogP contribution in [0.15, 0.2) is 47.1 Å². The van der Waals surface area contributed by atoms with Gasteiger partial charge in [-0.1, -0.05) is 22.0 Å². The summed E-state index contributed by atoms with van der Waals surface area (Å²) in [6, 6.07) is 11.7. The van der Waals surface area contributed by atoms with Gasteiger partial charge < -0.3 is 9.72 Å². The van der Waals surface area contributed by atoms with Gasteiger partial charge in [0.25, 0.3) is 0 Å². The molecule has 1 aromatic carbocycles. The average Bonchev–Trinajstić information content (AvgIpc) is 3.24. The lowest BCUT2D eigenvalue weighted by Gasteiger charge is -2.34. The third-order valence-electron chi connectivity index (χ3n) is 5.64. The fraction of sp³-hybridized carbons (Fsp3) is 0.350. The number of carbonyl (C=O) groups excluding carboxylic acids is 1. The molecular weight excluding hydrogens is 408 g/mol. The van der Waals surface area contributed by atoms with Crippen LogP contribution < -0.4 is 4.90 Å². The van der Waals surface area contributed by atoms with E-state index in [0.717, 1.165) is 47.0 Å². The van der Waals surface area contributed by atoms with Crippen LogP contribution in [0.25, 0.3) is 11.0 Å². The largest absolute Gasteiger partial charge is 0.441 e. The molecule has 138 valence electrons. The van der Waals surface area contributed by atoms with Crippen LogP contribution in [0.4, 0.5) is 10.6 Å². The van der Waals surface area contributed by atoms with Crippen LogP contribution in [0.1, 0.15) is 37.4 Å². The highest BCUT2D eigenvalue weighted by Crippen LogP contribution is 2.43. The second-order valence-corrected chi connectivity index (χ2v) is 8.30. The number of hydrogen-bond donors (Lipinski definition) is 1. The molecule has 1 saturated heterocycles. The highest BCUT2D eigenvalue weighted by molar-refractivity contribution is 9.10. The summed E-state index contributed by atoms with van der Waals surface area (Å²) < 4.78 is 6.86. The maximum atomic E-state index is 12.4. The number of nitrogens with zero attached hydrogens (tertiary/aromatic N) is 3. The summed E-state index contributed by atoms with van der Waals surface area (Å²) in [5.41, 5.74) is 1.63. The van der Waals surface area contributed by atoms with Crippen molar-refractivity contribution < 1.29 is 9.53 Å². The van der Waals surface area contributed by atoms with Crippen molar-refractivity contribution in [2.24, 2.45) is 0 Å².